The second-order valence-corrected chi connectivity index (χ2v) is 7.60. The van der Waals surface area contributed by atoms with Crippen LogP contribution in [-0.2, 0) is 18.9 Å². The van der Waals surface area contributed by atoms with Gasteiger partial charge in [0.15, 0.2) is 12.6 Å². The molecule has 0 amide bonds. The average molecular weight is 427 g/mol. The molecule has 0 spiro atoms. The summed E-state index contributed by atoms with van der Waals surface area (Å²) in [4.78, 5) is 0. The van der Waals surface area contributed by atoms with Crippen molar-refractivity contribution in [3.8, 4) is 0 Å². The number of benzene rings is 2. The molecular weight excluding hydrogens is 407 g/mol. The summed E-state index contributed by atoms with van der Waals surface area (Å²) in [6.45, 7) is -0.258. The maximum atomic E-state index is 10.6. The lowest BCUT2D eigenvalue weighted by Gasteiger charge is -2.45. The predicted octanol–water partition coefficient (Wildman–Crippen LogP) is 3.24. The molecule has 6 nitrogen and oxygen atoms in total. The third-order valence-corrected chi connectivity index (χ3v) is 5.34. The molecule has 150 valence electrons. The summed E-state index contributed by atoms with van der Waals surface area (Å²) in [6.07, 6.45) is -4.73. The zero-order valence-electron chi connectivity index (χ0n) is 14.8. The molecule has 2 saturated heterocycles. The Morgan fingerprint density at radius 2 is 1.39 bits per heavy atom. The van der Waals surface area contributed by atoms with E-state index in [9.17, 15) is 10.2 Å². The van der Waals surface area contributed by atoms with Gasteiger partial charge in [0.25, 0.3) is 0 Å². The molecule has 2 aromatic rings. The Labute approximate surface area is 172 Å². The van der Waals surface area contributed by atoms with Crippen LogP contribution in [0.15, 0.2) is 48.5 Å². The van der Waals surface area contributed by atoms with Crippen molar-refractivity contribution >= 4 is 23.2 Å². The van der Waals surface area contributed by atoms with E-state index in [1.807, 2.05) is 0 Å². The van der Waals surface area contributed by atoms with E-state index in [4.69, 9.17) is 42.1 Å². The van der Waals surface area contributed by atoms with Crippen LogP contribution in [0.4, 0.5) is 0 Å². The van der Waals surface area contributed by atoms with Crippen molar-refractivity contribution in [2.45, 2.75) is 37.0 Å². The Morgan fingerprint density at radius 1 is 0.821 bits per heavy atom. The molecular formula is C20H20Cl2O6. The molecule has 0 aromatic heterocycles. The molecule has 2 heterocycles. The van der Waals surface area contributed by atoms with Gasteiger partial charge < -0.3 is 29.2 Å². The van der Waals surface area contributed by atoms with Crippen LogP contribution in [0.5, 0.6) is 0 Å². The lowest BCUT2D eigenvalue weighted by Crippen LogP contribution is -2.57. The molecule has 2 fully saturated rings. The third-order valence-electron chi connectivity index (χ3n) is 4.84. The number of hydrogen-bond donors (Lipinski definition) is 2. The SMILES string of the molecule is OC[C@H]1OC(c2ccc(Cl)cc2)OC[C@@H]2OC(c3ccc(Cl)cc3)O[C@H]1[C@@H]2O. The summed E-state index contributed by atoms with van der Waals surface area (Å²) in [7, 11) is 0. The Hall–Kier alpha value is -1.22. The van der Waals surface area contributed by atoms with Crippen LogP contribution in [0.1, 0.15) is 23.7 Å². The van der Waals surface area contributed by atoms with Gasteiger partial charge in [-0.05, 0) is 24.3 Å². The molecule has 2 aliphatic rings. The van der Waals surface area contributed by atoms with Crippen molar-refractivity contribution in [2.75, 3.05) is 13.2 Å². The highest BCUT2D eigenvalue weighted by atomic mass is 35.5. The number of fused-ring (bicyclic) bond motifs is 2. The lowest BCUT2D eigenvalue weighted by atomic mass is 10.00. The second kappa shape index (κ2) is 8.65. The summed E-state index contributed by atoms with van der Waals surface area (Å²) in [5, 5.41) is 21.7. The fraction of sp³-hybridized carbons (Fsp3) is 0.400. The van der Waals surface area contributed by atoms with E-state index in [0.29, 0.717) is 10.0 Å². The molecule has 6 atom stereocenters. The van der Waals surface area contributed by atoms with Crippen LogP contribution < -0.4 is 0 Å². The number of ether oxygens (including phenoxy) is 4. The van der Waals surface area contributed by atoms with Gasteiger partial charge in [-0.25, -0.2) is 0 Å². The average Bonchev–Trinajstić information content (AvgIpc) is 2.71. The molecule has 2 aromatic carbocycles. The van der Waals surface area contributed by atoms with Crippen molar-refractivity contribution in [1.29, 1.82) is 0 Å². The van der Waals surface area contributed by atoms with Crippen LogP contribution in [0.25, 0.3) is 0 Å². The van der Waals surface area contributed by atoms with Crippen LogP contribution in [0.2, 0.25) is 10.0 Å². The topological polar surface area (TPSA) is 77.4 Å². The number of hydrogen-bond acceptors (Lipinski definition) is 6. The van der Waals surface area contributed by atoms with Crippen molar-refractivity contribution in [3.63, 3.8) is 0 Å². The first kappa shape index (κ1) is 20.1. The van der Waals surface area contributed by atoms with Crippen LogP contribution >= 0.6 is 23.2 Å². The smallest absolute Gasteiger partial charge is 0.184 e. The van der Waals surface area contributed by atoms with Gasteiger partial charge in [0, 0.05) is 21.2 Å². The molecule has 2 N–H and O–H groups in total. The van der Waals surface area contributed by atoms with Crippen molar-refractivity contribution < 1.29 is 29.2 Å². The van der Waals surface area contributed by atoms with E-state index >= 15 is 0 Å². The van der Waals surface area contributed by atoms with E-state index in [1.165, 1.54) is 0 Å². The summed E-state index contributed by atoms with van der Waals surface area (Å²) in [6, 6.07) is 14.1. The minimum absolute atomic E-state index is 0.0938. The number of halogens is 2. The maximum absolute atomic E-state index is 10.6. The highest BCUT2D eigenvalue weighted by Crippen LogP contribution is 2.37. The first-order valence-electron chi connectivity index (χ1n) is 8.93. The first-order valence-corrected chi connectivity index (χ1v) is 9.68. The molecule has 0 saturated carbocycles. The minimum Gasteiger partial charge on any atom is -0.394 e. The molecule has 2 unspecified atom stereocenters. The Morgan fingerprint density at radius 3 is 1.96 bits per heavy atom. The molecule has 8 heteroatoms. The largest absolute Gasteiger partial charge is 0.394 e. The number of aliphatic hydroxyl groups is 2. The predicted molar refractivity (Wildman–Crippen MR) is 102 cm³/mol. The van der Waals surface area contributed by atoms with Crippen molar-refractivity contribution in [1.82, 2.24) is 0 Å². The zero-order valence-corrected chi connectivity index (χ0v) is 16.3. The van der Waals surface area contributed by atoms with Crippen LogP contribution in [-0.4, -0.2) is 47.8 Å². The van der Waals surface area contributed by atoms with Crippen LogP contribution in [0.3, 0.4) is 0 Å². The van der Waals surface area contributed by atoms with Gasteiger partial charge in [0.2, 0.25) is 0 Å². The van der Waals surface area contributed by atoms with Gasteiger partial charge in [0.05, 0.1) is 13.2 Å². The number of aliphatic hydroxyl groups excluding tert-OH is 2. The van der Waals surface area contributed by atoms with Gasteiger partial charge in [0.1, 0.15) is 24.4 Å². The summed E-state index contributed by atoms with van der Waals surface area (Å²) in [5.74, 6) is 0. The van der Waals surface area contributed by atoms with E-state index in [1.54, 1.807) is 48.5 Å². The van der Waals surface area contributed by atoms with Gasteiger partial charge in [-0.3, -0.25) is 0 Å². The van der Waals surface area contributed by atoms with E-state index in [2.05, 4.69) is 0 Å². The third kappa shape index (κ3) is 4.20. The van der Waals surface area contributed by atoms with Gasteiger partial charge in [-0.1, -0.05) is 47.5 Å². The highest BCUT2D eigenvalue weighted by Gasteiger charge is 2.46. The maximum Gasteiger partial charge on any atom is 0.184 e. The molecule has 28 heavy (non-hydrogen) atoms. The quantitative estimate of drug-likeness (QED) is 0.784. The molecule has 2 aliphatic heterocycles. The summed E-state index contributed by atoms with van der Waals surface area (Å²) in [5.41, 5.74) is 1.49. The Bertz CT molecular complexity index is 739. The highest BCUT2D eigenvalue weighted by molar-refractivity contribution is 6.30. The monoisotopic (exact) mass is 426 g/mol. The fourth-order valence-electron chi connectivity index (χ4n) is 3.33. The second-order valence-electron chi connectivity index (χ2n) is 6.72. The van der Waals surface area contributed by atoms with Crippen molar-refractivity contribution in [2.24, 2.45) is 0 Å². The number of rotatable bonds is 3. The van der Waals surface area contributed by atoms with Gasteiger partial charge in [-0.15, -0.1) is 0 Å². The molecule has 4 rings (SSSR count). The van der Waals surface area contributed by atoms with Crippen LogP contribution in [0, 0.1) is 0 Å². The fourth-order valence-corrected chi connectivity index (χ4v) is 3.58. The summed E-state index contributed by atoms with van der Waals surface area (Å²) < 4.78 is 23.7. The minimum atomic E-state index is -1.01. The van der Waals surface area contributed by atoms with E-state index in [0.717, 1.165) is 11.1 Å². The summed E-state index contributed by atoms with van der Waals surface area (Å²) >= 11 is 11.9. The standard InChI is InChI=1S/C20H20Cl2O6/c21-13-5-1-11(2-6-13)19-25-10-16-17(24)18(15(9-23)26-19)28-20(27-16)12-3-7-14(22)8-4-12/h1-8,15-20,23-24H,9-10H2/t15-,16+,17-,18-,19?,20?/m1/s1. The normalized spacial score (nSPS) is 33.1. The zero-order chi connectivity index (χ0) is 19.7. The Kier molecular flexibility index (Phi) is 6.20. The molecule has 2 bridgehead atoms. The Balaban J connectivity index is 1.57. The van der Waals surface area contributed by atoms with E-state index < -0.39 is 37.0 Å². The van der Waals surface area contributed by atoms with Gasteiger partial charge in [-0.2, -0.15) is 0 Å². The lowest BCUT2D eigenvalue weighted by molar-refractivity contribution is -0.352. The van der Waals surface area contributed by atoms with Crippen molar-refractivity contribution in [3.05, 3.63) is 69.7 Å². The molecule has 0 aliphatic carbocycles. The van der Waals surface area contributed by atoms with Gasteiger partial charge >= 0.3 is 0 Å². The first-order chi connectivity index (χ1) is 13.5. The van der Waals surface area contributed by atoms with E-state index in [-0.39, 0.29) is 13.2 Å². The molecule has 0 radical (unpaired) electrons.